The summed E-state index contributed by atoms with van der Waals surface area (Å²) in [6, 6.07) is 3.92. The summed E-state index contributed by atoms with van der Waals surface area (Å²) in [7, 11) is 1.64. The van der Waals surface area contributed by atoms with E-state index in [1.807, 2.05) is 25.1 Å². The van der Waals surface area contributed by atoms with Crippen LogP contribution in [0, 0.1) is 0 Å². The van der Waals surface area contributed by atoms with Gasteiger partial charge in [0.15, 0.2) is 0 Å². The Morgan fingerprint density at radius 1 is 1.17 bits per heavy atom. The number of hydrogen-bond acceptors (Lipinski definition) is 2. The van der Waals surface area contributed by atoms with E-state index in [-0.39, 0.29) is 0 Å². The fraction of sp³-hybridized carbons (Fsp3) is 0.125. The van der Waals surface area contributed by atoms with Crippen molar-refractivity contribution in [1.82, 2.24) is 0 Å². The van der Waals surface area contributed by atoms with Gasteiger partial charge < -0.3 is 10.1 Å². The molecule has 0 saturated carbocycles. The molecular formula is C16H19NO. The lowest BCUT2D eigenvalue weighted by Crippen LogP contribution is -2.00. The molecule has 1 rings (SSSR count). The first kappa shape index (κ1) is 13.8. The van der Waals surface area contributed by atoms with Crippen LogP contribution in [-0.4, -0.2) is 7.11 Å². The number of anilines is 1. The molecular weight excluding hydrogens is 222 g/mol. The van der Waals surface area contributed by atoms with Crippen LogP contribution >= 0.6 is 0 Å². The average Bonchev–Trinajstić information content (AvgIpc) is 2.43. The van der Waals surface area contributed by atoms with Crippen LogP contribution in [0.15, 0.2) is 49.7 Å². The summed E-state index contributed by atoms with van der Waals surface area (Å²) in [5.74, 6) is 0.761. The molecule has 2 heteroatoms. The Morgan fingerprint density at radius 3 is 2.22 bits per heavy atom. The highest BCUT2D eigenvalue weighted by Gasteiger charge is 2.07. The molecule has 1 aromatic rings. The molecule has 0 bridgehead atoms. The minimum absolute atomic E-state index is 0.761. The minimum Gasteiger partial charge on any atom is -0.495 e. The molecule has 2 nitrogen and oxygen atoms in total. The molecule has 0 fully saturated rings. The van der Waals surface area contributed by atoms with E-state index in [4.69, 9.17) is 4.74 Å². The first-order chi connectivity index (χ1) is 8.69. The van der Waals surface area contributed by atoms with Gasteiger partial charge in [0.25, 0.3) is 0 Å². The molecule has 0 aliphatic carbocycles. The van der Waals surface area contributed by atoms with Crippen molar-refractivity contribution in [2.45, 2.75) is 6.92 Å². The van der Waals surface area contributed by atoms with Gasteiger partial charge in [-0.05, 0) is 36.3 Å². The Morgan fingerprint density at radius 2 is 1.78 bits per heavy atom. The summed E-state index contributed by atoms with van der Waals surface area (Å²) in [6.07, 6.45) is 7.29. The third kappa shape index (κ3) is 2.92. The van der Waals surface area contributed by atoms with E-state index in [0.29, 0.717) is 0 Å². The predicted octanol–water partition coefficient (Wildman–Crippen LogP) is 4.48. The third-order valence-electron chi connectivity index (χ3n) is 2.65. The highest BCUT2D eigenvalue weighted by Crippen LogP contribution is 2.30. The largest absolute Gasteiger partial charge is 0.495 e. The van der Waals surface area contributed by atoms with E-state index in [1.165, 1.54) is 0 Å². The summed E-state index contributed by atoms with van der Waals surface area (Å²) in [5, 5.41) is 3.26. The maximum Gasteiger partial charge on any atom is 0.142 e. The molecule has 0 radical (unpaired) electrons. The summed E-state index contributed by atoms with van der Waals surface area (Å²) >= 11 is 0. The SMILES string of the molecule is C=C/C(=C\C)Nc1cc(C=C)c(C=C)cc1OC. The van der Waals surface area contributed by atoms with Crippen molar-refractivity contribution >= 4 is 17.8 Å². The number of benzene rings is 1. The van der Waals surface area contributed by atoms with E-state index in [0.717, 1.165) is 28.3 Å². The van der Waals surface area contributed by atoms with Gasteiger partial charge in [-0.3, -0.25) is 0 Å². The normalized spacial score (nSPS) is 10.7. The number of hydrogen-bond donors (Lipinski definition) is 1. The molecule has 1 N–H and O–H groups in total. The topological polar surface area (TPSA) is 21.3 Å². The summed E-state index contributed by atoms with van der Waals surface area (Å²) in [6.45, 7) is 13.3. The summed E-state index contributed by atoms with van der Waals surface area (Å²) < 4.78 is 5.37. The van der Waals surface area contributed by atoms with E-state index < -0.39 is 0 Å². The van der Waals surface area contributed by atoms with E-state index >= 15 is 0 Å². The Kier molecular flexibility index (Phi) is 5.00. The zero-order valence-corrected chi connectivity index (χ0v) is 11.0. The van der Waals surface area contributed by atoms with Crippen LogP contribution in [0.1, 0.15) is 18.1 Å². The fourth-order valence-electron chi connectivity index (χ4n) is 1.63. The van der Waals surface area contributed by atoms with Crippen molar-refractivity contribution in [3.8, 4) is 5.75 Å². The molecule has 0 saturated heterocycles. The highest BCUT2D eigenvalue weighted by atomic mass is 16.5. The third-order valence-corrected chi connectivity index (χ3v) is 2.65. The van der Waals surface area contributed by atoms with Crippen molar-refractivity contribution in [1.29, 1.82) is 0 Å². The standard InChI is InChI=1S/C16H19NO/c1-6-12-10-15(17-14(8-3)9-4)16(18-5)11-13(12)7-2/h6-11,17H,1-3H2,4-5H3/b14-9+. The van der Waals surface area contributed by atoms with Gasteiger partial charge in [0.05, 0.1) is 12.8 Å². The first-order valence-electron chi connectivity index (χ1n) is 5.72. The van der Waals surface area contributed by atoms with Crippen LogP contribution in [-0.2, 0) is 0 Å². The number of ether oxygens (including phenoxy) is 1. The van der Waals surface area contributed by atoms with E-state index in [9.17, 15) is 0 Å². The van der Waals surface area contributed by atoms with Crippen LogP contribution in [0.2, 0.25) is 0 Å². The van der Waals surface area contributed by atoms with Crippen LogP contribution in [0.25, 0.3) is 12.2 Å². The lowest BCUT2D eigenvalue weighted by Gasteiger charge is -2.14. The van der Waals surface area contributed by atoms with E-state index in [1.54, 1.807) is 25.3 Å². The lowest BCUT2D eigenvalue weighted by atomic mass is 10.1. The molecule has 0 amide bonds. The molecule has 94 valence electrons. The van der Waals surface area contributed by atoms with Gasteiger partial charge in [-0.15, -0.1) is 0 Å². The molecule has 18 heavy (non-hydrogen) atoms. The molecule has 1 aromatic carbocycles. The summed E-state index contributed by atoms with van der Waals surface area (Å²) in [4.78, 5) is 0. The van der Waals surface area contributed by atoms with Crippen molar-refractivity contribution in [2.24, 2.45) is 0 Å². The molecule has 0 heterocycles. The lowest BCUT2D eigenvalue weighted by molar-refractivity contribution is 0.416. The van der Waals surface area contributed by atoms with E-state index in [2.05, 4.69) is 25.1 Å². The monoisotopic (exact) mass is 241 g/mol. The van der Waals surface area contributed by atoms with Gasteiger partial charge in [0.2, 0.25) is 0 Å². The van der Waals surface area contributed by atoms with Crippen molar-refractivity contribution in [3.05, 3.63) is 60.8 Å². The second-order valence-corrected chi connectivity index (χ2v) is 3.66. The van der Waals surface area contributed by atoms with Crippen molar-refractivity contribution in [3.63, 3.8) is 0 Å². The molecule has 0 aliphatic rings. The molecule has 0 aromatic heterocycles. The number of allylic oxidation sites excluding steroid dienone is 2. The minimum atomic E-state index is 0.761. The Balaban J connectivity index is 3.29. The number of methoxy groups -OCH3 is 1. The Bertz CT molecular complexity index is 498. The zero-order valence-electron chi connectivity index (χ0n) is 11.0. The van der Waals surface area contributed by atoms with Crippen LogP contribution < -0.4 is 10.1 Å². The fourth-order valence-corrected chi connectivity index (χ4v) is 1.63. The van der Waals surface area contributed by atoms with Crippen molar-refractivity contribution < 1.29 is 4.74 Å². The maximum atomic E-state index is 5.37. The van der Waals surface area contributed by atoms with Crippen LogP contribution in [0.3, 0.4) is 0 Å². The Hall–Kier alpha value is -2.22. The molecule has 0 spiro atoms. The first-order valence-corrected chi connectivity index (χ1v) is 5.72. The van der Waals surface area contributed by atoms with Gasteiger partial charge in [-0.25, -0.2) is 0 Å². The van der Waals surface area contributed by atoms with Crippen LogP contribution in [0.4, 0.5) is 5.69 Å². The smallest absolute Gasteiger partial charge is 0.142 e. The number of nitrogens with one attached hydrogen (secondary N) is 1. The maximum absolute atomic E-state index is 5.37. The van der Waals surface area contributed by atoms with Gasteiger partial charge >= 0.3 is 0 Å². The number of rotatable bonds is 6. The van der Waals surface area contributed by atoms with Crippen molar-refractivity contribution in [2.75, 3.05) is 12.4 Å². The quantitative estimate of drug-likeness (QED) is 0.741. The van der Waals surface area contributed by atoms with Gasteiger partial charge in [-0.2, -0.15) is 0 Å². The summed E-state index contributed by atoms with van der Waals surface area (Å²) in [5.41, 5.74) is 3.81. The predicted molar refractivity (Wildman–Crippen MR) is 80.8 cm³/mol. The second kappa shape index (κ2) is 6.50. The highest BCUT2D eigenvalue weighted by molar-refractivity contribution is 5.74. The molecule has 0 atom stereocenters. The molecule has 0 aliphatic heterocycles. The Labute approximate surface area is 109 Å². The zero-order chi connectivity index (χ0) is 13.5. The van der Waals surface area contributed by atoms with Gasteiger partial charge in [0, 0.05) is 5.70 Å². The second-order valence-electron chi connectivity index (χ2n) is 3.66. The van der Waals surface area contributed by atoms with Crippen LogP contribution in [0.5, 0.6) is 5.75 Å². The molecule has 0 unspecified atom stereocenters. The van der Waals surface area contributed by atoms with Gasteiger partial charge in [-0.1, -0.05) is 38.0 Å². The average molecular weight is 241 g/mol. The van der Waals surface area contributed by atoms with Gasteiger partial charge in [0.1, 0.15) is 5.75 Å².